The summed E-state index contributed by atoms with van der Waals surface area (Å²) in [5.74, 6) is 0.364. The lowest BCUT2D eigenvalue weighted by atomic mass is 9.98. The highest BCUT2D eigenvalue weighted by molar-refractivity contribution is 9.10. The first-order valence-electron chi connectivity index (χ1n) is 4.86. The lowest BCUT2D eigenvalue weighted by molar-refractivity contribution is 0.622. The van der Waals surface area contributed by atoms with E-state index in [0.29, 0.717) is 6.54 Å². The van der Waals surface area contributed by atoms with Gasteiger partial charge in [-0.05, 0) is 33.6 Å². The molecule has 2 aromatic rings. The van der Waals surface area contributed by atoms with Gasteiger partial charge in [-0.1, -0.05) is 12.1 Å². The van der Waals surface area contributed by atoms with Crippen LogP contribution < -0.4 is 5.73 Å². The maximum absolute atomic E-state index is 13.1. The van der Waals surface area contributed by atoms with Gasteiger partial charge in [-0.3, -0.25) is 0 Å². The molecule has 5 heteroatoms. The minimum absolute atomic E-state index is 0.109. The fourth-order valence-electron chi connectivity index (χ4n) is 1.62. The van der Waals surface area contributed by atoms with Crippen molar-refractivity contribution in [1.82, 2.24) is 9.97 Å². The Hall–Kier alpha value is -1.20. The molecule has 0 fully saturated rings. The average Bonchev–Trinajstić information content (AvgIpc) is 2.66. The monoisotopic (exact) mass is 283 g/mol. The Morgan fingerprint density at radius 1 is 1.50 bits per heavy atom. The second kappa shape index (κ2) is 4.76. The molecule has 0 aliphatic heterocycles. The Morgan fingerprint density at radius 3 is 2.88 bits per heavy atom. The predicted molar refractivity (Wildman–Crippen MR) is 63.6 cm³/mol. The molecule has 1 heterocycles. The van der Waals surface area contributed by atoms with Crippen LogP contribution in [0.1, 0.15) is 17.3 Å². The van der Waals surface area contributed by atoms with Crippen LogP contribution in [0.25, 0.3) is 0 Å². The molecule has 3 N–H and O–H groups in total. The number of H-pyrrole nitrogens is 1. The van der Waals surface area contributed by atoms with Crippen LogP contribution in [0.4, 0.5) is 4.39 Å². The SMILES string of the molecule is NCC(c1cccc(F)c1)c1ncc(Br)[nH]1. The molecular formula is C11H11BrFN3. The van der Waals surface area contributed by atoms with Crippen molar-refractivity contribution >= 4 is 15.9 Å². The molecule has 0 spiro atoms. The van der Waals surface area contributed by atoms with Crippen LogP contribution in [-0.4, -0.2) is 16.5 Å². The molecule has 2 rings (SSSR count). The predicted octanol–water partition coefficient (Wildman–Crippen LogP) is 2.40. The molecule has 0 aliphatic rings. The van der Waals surface area contributed by atoms with Gasteiger partial charge in [0.1, 0.15) is 16.2 Å². The van der Waals surface area contributed by atoms with E-state index in [1.54, 1.807) is 12.3 Å². The summed E-state index contributed by atoms with van der Waals surface area (Å²) in [6, 6.07) is 6.41. The lowest BCUT2D eigenvalue weighted by Gasteiger charge is -2.12. The van der Waals surface area contributed by atoms with Gasteiger partial charge in [-0.25, -0.2) is 9.37 Å². The van der Waals surface area contributed by atoms with Crippen LogP contribution in [-0.2, 0) is 0 Å². The molecule has 1 unspecified atom stereocenters. The number of benzene rings is 1. The molecule has 3 nitrogen and oxygen atoms in total. The molecule has 84 valence electrons. The summed E-state index contributed by atoms with van der Waals surface area (Å²) in [7, 11) is 0. The van der Waals surface area contributed by atoms with Gasteiger partial charge in [-0.2, -0.15) is 0 Å². The smallest absolute Gasteiger partial charge is 0.123 e. The molecule has 1 aromatic heterocycles. The Bertz CT molecular complexity index is 484. The summed E-state index contributed by atoms with van der Waals surface area (Å²) in [4.78, 5) is 7.24. The molecule has 0 bridgehead atoms. The fourth-order valence-corrected chi connectivity index (χ4v) is 1.92. The van der Waals surface area contributed by atoms with E-state index < -0.39 is 0 Å². The molecule has 1 atom stereocenters. The standard InChI is InChI=1S/C11H11BrFN3/c12-10-6-15-11(16-10)9(5-14)7-2-1-3-8(13)4-7/h1-4,6,9H,5,14H2,(H,15,16). The summed E-state index contributed by atoms with van der Waals surface area (Å²) in [6.07, 6.45) is 1.66. The third-order valence-electron chi connectivity index (χ3n) is 2.38. The van der Waals surface area contributed by atoms with Gasteiger partial charge in [0.15, 0.2) is 0 Å². The van der Waals surface area contributed by atoms with E-state index in [9.17, 15) is 4.39 Å². The number of rotatable bonds is 3. The summed E-state index contributed by atoms with van der Waals surface area (Å²) in [5, 5.41) is 0. The first-order chi connectivity index (χ1) is 7.70. The van der Waals surface area contributed by atoms with E-state index in [0.717, 1.165) is 16.0 Å². The number of hydrogen-bond acceptors (Lipinski definition) is 2. The van der Waals surface area contributed by atoms with Gasteiger partial charge in [0, 0.05) is 6.54 Å². The molecule has 1 aromatic carbocycles. The fraction of sp³-hybridized carbons (Fsp3) is 0.182. The second-order valence-electron chi connectivity index (χ2n) is 3.46. The van der Waals surface area contributed by atoms with Crippen LogP contribution in [0.5, 0.6) is 0 Å². The van der Waals surface area contributed by atoms with E-state index in [2.05, 4.69) is 25.9 Å². The number of nitrogens with two attached hydrogens (primary N) is 1. The average molecular weight is 284 g/mol. The summed E-state index contributed by atoms with van der Waals surface area (Å²) in [6.45, 7) is 0.378. The van der Waals surface area contributed by atoms with Crippen molar-refractivity contribution in [3.63, 3.8) is 0 Å². The van der Waals surface area contributed by atoms with Gasteiger partial charge in [0.05, 0.1) is 12.1 Å². The van der Waals surface area contributed by atoms with Crippen molar-refractivity contribution in [2.45, 2.75) is 5.92 Å². The number of nitrogens with one attached hydrogen (secondary N) is 1. The Balaban J connectivity index is 2.36. The number of nitrogens with zero attached hydrogens (tertiary/aromatic N) is 1. The highest BCUT2D eigenvalue weighted by atomic mass is 79.9. The number of halogens is 2. The zero-order valence-electron chi connectivity index (χ0n) is 8.45. The number of aromatic nitrogens is 2. The van der Waals surface area contributed by atoms with Gasteiger partial charge in [-0.15, -0.1) is 0 Å². The number of imidazole rings is 1. The van der Waals surface area contributed by atoms with Gasteiger partial charge in [0.25, 0.3) is 0 Å². The highest BCUT2D eigenvalue weighted by Crippen LogP contribution is 2.22. The molecule has 0 amide bonds. The minimum atomic E-state index is -0.262. The first-order valence-corrected chi connectivity index (χ1v) is 5.66. The minimum Gasteiger partial charge on any atom is -0.336 e. The normalized spacial score (nSPS) is 12.7. The molecule has 0 aliphatic carbocycles. The summed E-state index contributed by atoms with van der Waals surface area (Å²) >= 11 is 3.28. The third kappa shape index (κ3) is 2.31. The van der Waals surface area contributed by atoms with E-state index in [4.69, 9.17) is 5.73 Å². The zero-order chi connectivity index (χ0) is 11.5. The van der Waals surface area contributed by atoms with Crippen molar-refractivity contribution in [2.75, 3.05) is 6.54 Å². The van der Waals surface area contributed by atoms with Crippen molar-refractivity contribution in [2.24, 2.45) is 5.73 Å². The second-order valence-corrected chi connectivity index (χ2v) is 4.31. The molecular weight excluding hydrogens is 273 g/mol. The maximum atomic E-state index is 13.1. The van der Waals surface area contributed by atoms with Gasteiger partial charge < -0.3 is 10.7 Å². The Morgan fingerprint density at radius 2 is 2.31 bits per heavy atom. The van der Waals surface area contributed by atoms with E-state index in [-0.39, 0.29) is 11.7 Å². The summed E-state index contributed by atoms with van der Waals surface area (Å²) < 4.78 is 13.9. The largest absolute Gasteiger partial charge is 0.336 e. The first kappa shape index (κ1) is 11.3. The van der Waals surface area contributed by atoms with Crippen LogP contribution >= 0.6 is 15.9 Å². The molecule has 0 saturated carbocycles. The lowest BCUT2D eigenvalue weighted by Crippen LogP contribution is -2.15. The Labute approximate surface area is 101 Å². The molecule has 0 saturated heterocycles. The maximum Gasteiger partial charge on any atom is 0.123 e. The topological polar surface area (TPSA) is 54.7 Å². The van der Waals surface area contributed by atoms with Crippen LogP contribution in [0.3, 0.4) is 0 Å². The third-order valence-corrected chi connectivity index (χ3v) is 2.78. The summed E-state index contributed by atoms with van der Waals surface area (Å²) in [5.41, 5.74) is 6.52. The van der Waals surface area contributed by atoms with E-state index in [1.807, 2.05) is 6.07 Å². The van der Waals surface area contributed by atoms with Crippen molar-refractivity contribution in [3.8, 4) is 0 Å². The zero-order valence-corrected chi connectivity index (χ0v) is 10.0. The molecule has 16 heavy (non-hydrogen) atoms. The molecule has 0 radical (unpaired) electrons. The van der Waals surface area contributed by atoms with E-state index >= 15 is 0 Å². The quantitative estimate of drug-likeness (QED) is 0.909. The number of aromatic amines is 1. The van der Waals surface area contributed by atoms with Crippen molar-refractivity contribution < 1.29 is 4.39 Å². The van der Waals surface area contributed by atoms with Crippen LogP contribution in [0.15, 0.2) is 35.1 Å². The van der Waals surface area contributed by atoms with E-state index in [1.165, 1.54) is 12.1 Å². The van der Waals surface area contributed by atoms with Crippen LogP contribution in [0.2, 0.25) is 0 Å². The van der Waals surface area contributed by atoms with Crippen molar-refractivity contribution in [1.29, 1.82) is 0 Å². The highest BCUT2D eigenvalue weighted by Gasteiger charge is 2.15. The van der Waals surface area contributed by atoms with Gasteiger partial charge in [0.2, 0.25) is 0 Å². The van der Waals surface area contributed by atoms with Crippen molar-refractivity contribution in [3.05, 3.63) is 52.3 Å². The van der Waals surface area contributed by atoms with Crippen LogP contribution in [0, 0.1) is 5.82 Å². The van der Waals surface area contributed by atoms with Gasteiger partial charge >= 0.3 is 0 Å². The number of hydrogen-bond donors (Lipinski definition) is 2. The Kier molecular flexibility index (Phi) is 3.36.